The highest BCUT2D eigenvalue weighted by molar-refractivity contribution is 5.71. The summed E-state index contributed by atoms with van der Waals surface area (Å²) in [7, 11) is 1.86. The lowest BCUT2D eigenvalue weighted by atomic mass is 9.96. The molecule has 0 unspecified atom stereocenters. The van der Waals surface area contributed by atoms with Gasteiger partial charge in [0, 0.05) is 38.9 Å². The lowest BCUT2D eigenvalue weighted by Crippen LogP contribution is -2.34. The van der Waals surface area contributed by atoms with Gasteiger partial charge in [0.15, 0.2) is 0 Å². The molecule has 0 radical (unpaired) electrons. The number of carboxylic acid groups (broad SMARTS) is 1. The molecular weight excluding hydrogens is 297 g/mol. The molecule has 0 amide bonds. The van der Waals surface area contributed by atoms with E-state index >= 15 is 0 Å². The Kier molecular flexibility index (Phi) is 4.95. The van der Waals surface area contributed by atoms with Crippen molar-refractivity contribution in [3.05, 3.63) is 30.3 Å². The van der Waals surface area contributed by atoms with Gasteiger partial charge in [-0.25, -0.2) is 0 Å². The van der Waals surface area contributed by atoms with Gasteiger partial charge in [0.2, 0.25) is 0 Å². The number of carbonyl (C=O) groups is 1. The van der Waals surface area contributed by atoms with Gasteiger partial charge >= 0.3 is 12.1 Å². The standard InChI is InChI=1S/C15H19F3N2O2/c1-19(11-5-3-2-4-6-11)7-8-20-9-12(14(21)22)13(10-20)15(16,17)18/h2-6,12-13H,7-10H2,1H3,(H,21,22)/t12-,13-/m1/s1. The number of alkyl halides is 3. The highest BCUT2D eigenvalue weighted by atomic mass is 19.4. The molecule has 122 valence electrons. The summed E-state index contributed by atoms with van der Waals surface area (Å²) in [6.45, 7) is 0.647. The number of carboxylic acids is 1. The number of nitrogens with zero attached hydrogens (tertiary/aromatic N) is 2. The largest absolute Gasteiger partial charge is 0.481 e. The summed E-state index contributed by atoms with van der Waals surface area (Å²) in [5, 5.41) is 8.98. The van der Waals surface area contributed by atoms with Crippen LogP contribution in [0.1, 0.15) is 0 Å². The van der Waals surface area contributed by atoms with Crippen LogP contribution in [-0.2, 0) is 4.79 Å². The van der Waals surface area contributed by atoms with Crippen LogP contribution in [0.3, 0.4) is 0 Å². The van der Waals surface area contributed by atoms with Crippen molar-refractivity contribution in [3.63, 3.8) is 0 Å². The molecule has 22 heavy (non-hydrogen) atoms. The van der Waals surface area contributed by atoms with Gasteiger partial charge in [-0.2, -0.15) is 13.2 Å². The lowest BCUT2D eigenvalue weighted by Gasteiger charge is -2.23. The van der Waals surface area contributed by atoms with E-state index in [1.807, 2.05) is 42.3 Å². The Morgan fingerprint density at radius 1 is 1.32 bits per heavy atom. The van der Waals surface area contributed by atoms with Crippen molar-refractivity contribution in [2.24, 2.45) is 11.8 Å². The minimum Gasteiger partial charge on any atom is -0.481 e. The van der Waals surface area contributed by atoms with Crippen LogP contribution in [0, 0.1) is 11.8 Å². The second-order valence-electron chi connectivity index (χ2n) is 5.61. The zero-order valence-electron chi connectivity index (χ0n) is 12.3. The van der Waals surface area contributed by atoms with E-state index in [4.69, 9.17) is 5.11 Å². The van der Waals surface area contributed by atoms with Crippen LogP contribution >= 0.6 is 0 Å². The molecule has 1 aliphatic heterocycles. The number of anilines is 1. The number of para-hydroxylation sites is 1. The second-order valence-corrected chi connectivity index (χ2v) is 5.61. The van der Waals surface area contributed by atoms with Gasteiger partial charge in [0.25, 0.3) is 0 Å². The zero-order valence-corrected chi connectivity index (χ0v) is 12.3. The number of hydrogen-bond acceptors (Lipinski definition) is 3. The summed E-state index contributed by atoms with van der Waals surface area (Å²) in [6, 6.07) is 9.51. The summed E-state index contributed by atoms with van der Waals surface area (Å²) in [4.78, 5) is 14.5. The van der Waals surface area contributed by atoms with E-state index in [9.17, 15) is 18.0 Å². The van der Waals surface area contributed by atoms with E-state index in [0.29, 0.717) is 13.1 Å². The number of hydrogen-bond donors (Lipinski definition) is 1. The van der Waals surface area contributed by atoms with Crippen molar-refractivity contribution in [1.82, 2.24) is 4.90 Å². The van der Waals surface area contributed by atoms with E-state index in [-0.39, 0.29) is 13.1 Å². The second kappa shape index (κ2) is 6.56. The molecule has 1 aliphatic rings. The number of halogens is 3. The first kappa shape index (κ1) is 16.6. The van der Waals surface area contributed by atoms with Gasteiger partial charge < -0.3 is 14.9 Å². The van der Waals surface area contributed by atoms with Gasteiger partial charge in [-0.1, -0.05) is 18.2 Å². The van der Waals surface area contributed by atoms with Crippen LogP contribution in [-0.4, -0.2) is 55.4 Å². The fraction of sp³-hybridized carbons (Fsp3) is 0.533. The van der Waals surface area contributed by atoms with Gasteiger partial charge in [-0.3, -0.25) is 4.79 Å². The van der Waals surface area contributed by atoms with Gasteiger partial charge in [0.05, 0.1) is 11.8 Å². The molecule has 1 aromatic carbocycles. The molecule has 4 nitrogen and oxygen atoms in total. The first-order valence-electron chi connectivity index (χ1n) is 7.07. The van der Waals surface area contributed by atoms with E-state index < -0.39 is 24.0 Å². The van der Waals surface area contributed by atoms with Crippen molar-refractivity contribution in [2.75, 3.05) is 38.1 Å². The maximum atomic E-state index is 12.9. The summed E-state index contributed by atoms with van der Waals surface area (Å²) >= 11 is 0. The lowest BCUT2D eigenvalue weighted by molar-refractivity contribution is -0.188. The summed E-state index contributed by atoms with van der Waals surface area (Å²) in [5.74, 6) is -4.53. The quantitative estimate of drug-likeness (QED) is 0.905. The minimum atomic E-state index is -4.47. The molecule has 7 heteroatoms. The topological polar surface area (TPSA) is 43.8 Å². The fourth-order valence-corrected chi connectivity index (χ4v) is 2.75. The normalized spacial score (nSPS) is 22.7. The van der Waals surface area contributed by atoms with E-state index in [1.165, 1.54) is 0 Å². The molecule has 0 bridgehead atoms. The van der Waals surface area contributed by atoms with Crippen LogP contribution in [0.5, 0.6) is 0 Å². The smallest absolute Gasteiger partial charge is 0.393 e. The molecule has 1 heterocycles. The molecule has 1 saturated heterocycles. The highest BCUT2D eigenvalue weighted by Crippen LogP contribution is 2.37. The Bertz CT molecular complexity index is 507. The van der Waals surface area contributed by atoms with E-state index in [1.54, 1.807) is 4.90 Å². The number of benzene rings is 1. The molecular formula is C15H19F3N2O2. The Morgan fingerprint density at radius 3 is 2.45 bits per heavy atom. The van der Waals surface area contributed by atoms with E-state index in [2.05, 4.69) is 0 Å². The molecule has 2 atom stereocenters. The number of rotatable bonds is 5. The van der Waals surface area contributed by atoms with Crippen LogP contribution in [0.25, 0.3) is 0 Å². The maximum Gasteiger partial charge on any atom is 0.393 e. The number of aliphatic carboxylic acids is 1. The van der Waals surface area contributed by atoms with Gasteiger partial charge in [0.1, 0.15) is 0 Å². The molecule has 0 aromatic heterocycles. The number of likely N-dealkylation sites (N-methyl/N-ethyl adjacent to an activating group) is 1. The average Bonchev–Trinajstić information content (AvgIpc) is 2.90. The molecule has 0 saturated carbocycles. The summed E-state index contributed by atoms with van der Waals surface area (Å²) in [6.07, 6.45) is -4.47. The fourth-order valence-electron chi connectivity index (χ4n) is 2.75. The zero-order chi connectivity index (χ0) is 16.3. The van der Waals surface area contributed by atoms with E-state index in [0.717, 1.165) is 5.69 Å². The summed E-state index contributed by atoms with van der Waals surface area (Å²) < 4.78 is 38.7. The Morgan fingerprint density at radius 2 is 1.95 bits per heavy atom. The van der Waals surface area contributed by atoms with Crippen molar-refractivity contribution >= 4 is 11.7 Å². The Balaban J connectivity index is 1.93. The SMILES string of the molecule is CN(CCN1C[C@@H](C(F)(F)F)[C@H](C(=O)O)C1)c1ccccc1. The molecule has 1 fully saturated rings. The minimum absolute atomic E-state index is 0.0534. The molecule has 1 aromatic rings. The van der Waals surface area contributed by atoms with Gasteiger partial charge in [-0.05, 0) is 12.1 Å². The molecule has 2 rings (SSSR count). The number of likely N-dealkylation sites (tertiary alicyclic amines) is 1. The van der Waals surface area contributed by atoms with Crippen molar-refractivity contribution in [3.8, 4) is 0 Å². The average molecular weight is 316 g/mol. The van der Waals surface area contributed by atoms with Crippen molar-refractivity contribution < 1.29 is 23.1 Å². The first-order chi connectivity index (χ1) is 10.3. The third kappa shape index (κ3) is 3.91. The monoisotopic (exact) mass is 316 g/mol. The predicted molar refractivity (Wildman–Crippen MR) is 76.8 cm³/mol. The van der Waals surface area contributed by atoms with Crippen LogP contribution in [0.15, 0.2) is 30.3 Å². The van der Waals surface area contributed by atoms with Crippen molar-refractivity contribution in [1.29, 1.82) is 0 Å². The third-order valence-corrected chi connectivity index (χ3v) is 4.08. The molecule has 1 N–H and O–H groups in total. The van der Waals surface area contributed by atoms with Crippen LogP contribution < -0.4 is 4.90 Å². The van der Waals surface area contributed by atoms with Crippen LogP contribution in [0.2, 0.25) is 0 Å². The van der Waals surface area contributed by atoms with Crippen molar-refractivity contribution in [2.45, 2.75) is 6.18 Å². The Hall–Kier alpha value is -1.76. The summed E-state index contributed by atoms with van der Waals surface area (Å²) in [5.41, 5.74) is 0.976. The predicted octanol–water partition coefficient (Wildman–Crippen LogP) is 2.32. The maximum absolute atomic E-state index is 12.9. The van der Waals surface area contributed by atoms with Gasteiger partial charge in [-0.15, -0.1) is 0 Å². The molecule has 0 aliphatic carbocycles. The molecule has 0 spiro atoms. The third-order valence-electron chi connectivity index (χ3n) is 4.08. The van der Waals surface area contributed by atoms with Crippen LogP contribution in [0.4, 0.5) is 18.9 Å². The highest BCUT2D eigenvalue weighted by Gasteiger charge is 2.52. The Labute approximate surface area is 127 Å². The first-order valence-corrected chi connectivity index (χ1v) is 7.07.